The van der Waals surface area contributed by atoms with Crippen LogP contribution in [0.2, 0.25) is 0 Å². The topological polar surface area (TPSA) is 42.1 Å². The summed E-state index contributed by atoms with van der Waals surface area (Å²) in [5, 5.41) is 3.39. The van der Waals surface area contributed by atoms with E-state index in [0.29, 0.717) is 12.0 Å². The molecule has 2 heterocycles. The highest BCUT2D eigenvalue weighted by Gasteiger charge is 2.54. The third kappa shape index (κ3) is 3.28. The summed E-state index contributed by atoms with van der Waals surface area (Å²) in [5.41, 5.74) is 9.15. The van der Waals surface area contributed by atoms with E-state index in [-0.39, 0.29) is 11.0 Å². The number of likely N-dealkylation sites (tertiary alicyclic amines) is 1. The Morgan fingerprint density at radius 1 is 1.25 bits per heavy atom. The van der Waals surface area contributed by atoms with Gasteiger partial charge in [0.05, 0.1) is 0 Å². The second-order valence-corrected chi connectivity index (χ2v) is 9.47. The molecule has 0 saturated carbocycles. The Kier molecular flexibility index (Phi) is 5.30. The second kappa shape index (κ2) is 7.58. The second-order valence-electron chi connectivity index (χ2n) is 8.61. The Morgan fingerprint density at radius 3 is 2.68 bits per heavy atom. The molecule has 1 fully saturated rings. The number of thiazole rings is 1. The van der Waals surface area contributed by atoms with Crippen LogP contribution in [0.5, 0.6) is 0 Å². The van der Waals surface area contributed by atoms with Crippen LogP contribution in [-0.4, -0.2) is 35.1 Å². The lowest BCUT2D eigenvalue weighted by Crippen LogP contribution is -2.63. The molecule has 148 valence electrons. The van der Waals surface area contributed by atoms with Gasteiger partial charge in [-0.2, -0.15) is 0 Å². The molecule has 1 aromatic heterocycles. The third-order valence-corrected chi connectivity index (χ3v) is 8.10. The van der Waals surface area contributed by atoms with Crippen LogP contribution >= 0.6 is 11.3 Å². The van der Waals surface area contributed by atoms with Gasteiger partial charge in [-0.05, 0) is 51.3 Å². The number of hydrogen-bond acceptors (Lipinski definition) is 4. The minimum Gasteiger partial charge on any atom is -0.321 e. The Balaban J connectivity index is 1.76. The molecule has 0 amide bonds. The molecule has 4 rings (SSSR count). The summed E-state index contributed by atoms with van der Waals surface area (Å²) in [6.45, 7) is 5.49. The number of nitrogens with two attached hydrogens (primary N) is 1. The Labute approximate surface area is 173 Å². The Morgan fingerprint density at radius 2 is 2.04 bits per heavy atom. The molecule has 2 aliphatic rings. The smallest absolute Gasteiger partial charge is 0.101 e. The molecule has 2 aromatic rings. The molecule has 0 spiro atoms. The first-order valence-corrected chi connectivity index (χ1v) is 11.1. The van der Waals surface area contributed by atoms with E-state index in [4.69, 9.17) is 10.7 Å². The number of hydrogen-bond donors (Lipinski definition) is 1. The highest BCUT2D eigenvalue weighted by atomic mass is 32.1. The molecule has 4 heteroatoms. The molecule has 1 aliphatic carbocycles. The maximum Gasteiger partial charge on any atom is 0.101 e. The summed E-state index contributed by atoms with van der Waals surface area (Å²) in [6.07, 6.45) is 11.6. The fourth-order valence-corrected chi connectivity index (χ4v) is 6.20. The average molecular weight is 394 g/mol. The number of piperidine rings is 1. The number of rotatable bonds is 4. The fraction of sp³-hybridized carbons (Fsp3) is 0.458. The SMILES string of the molecule is Cc1csc(C2(C3(N)C=CC=CC3)CCN(C)C(C(C)c3ccccc3)C2)n1. The zero-order valence-electron chi connectivity index (χ0n) is 17.1. The number of nitrogens with zero attached hydrogens (tertiary/aromatic N) is 2. The van der Waals surface area contributed by atoms with Crippen LogP contribution in [0.3, 0.4) is 0 Å². The van der Waals surface area contributed by atoms with Gasteiger partial charge in [0.15, 0.2) is 0 Å². The zero-order valence-corrected chi connectivity index (χ0v) is 18.0. The Hall–Kier alpha value is -1.75. The lowest BCUT2D eigenvalue weighted by molar-refractivity contribution is 0.0675. The van der Waals surface area contributed by atoms with Crippen LogP contribution < -0.4 is 5.73 Å². The predicted octanol–water partition coefficient (Wildman–Crippen LogP) is 4.80. The van der Waals surface area contributed by atoms with Gasteiger partial charge in [-0.15, -0.1) is 11.3 Å². The summed E-state index contributed by atoms with van der Waals surface area (Å²) < 4.78 is 0. The molecule has 1 aromatic carbocycles. The lowest BCUT2D eigenvalue weighted by atomic mass is 9.59. The third-order valence-electron chi connectivity index (χ3n) is 6.93. The van der Waals surface area contributed by atoms with E-state index in [1.807, 2.05) is 0 Å². The molecule has 3 nitrogen and oxygen atoms in total. The van der Waals surface area contributed by atoms with Crippen molar-refractivity contribution in [1.82, 2.24) is 9.88 Å². The van der Waals surface area contributed by atoms with Crippen molar-refractivity contribution < 1.29 is 0 Å². The first-order chi connectivity index (χ1) is 13.5. The van der Waals surface area contributed by atoms with E-state index in [1.165, 1.54) is 10.6 Å². The van der Waals surface area contributed by atoms with E-state index in [9.17, 15) is 0 Å². The van der Waals surface area contributed by atoms with Gasteiger partial charge in [-0.25, -0.2) is 4.98 Å². The normalized spacial score (nSPS) is 31.8. The monoisotopic (exact) mass is 393 g/mol. The summed E-state index contributed by atoms with van der Waals surface area (Å²) in [5.74, 6) is 0.443. The Bertz CT molecular complexity index is 871. The van der Waals surface area contributed by atoms with Gasteiger partial charge in [-0.1, -0.05) is 61.6 Å². The molecule has 1 aliphatic heterocycles. The van der Waals surface area contributed by atoms with E-state index in [2.05, 4.69) is 85.8 Å². The molecular weight excluding hydrogens is 362 g/mol. The van der Waals surface area contributed by atoms with Crippen molar-refractivity contribution in [3.05, 3.63) is 76.3 Å². The van der Waals surface area contributed by atoms with Crippen molar-refractivity contribution in [2.24, 2.45) is 5.73 Å². The zero-order chi connectivity index (χ0) is 19.8. The van der Waals surface area contributed by atoms with Crippen LogP contribution in [0.4, 0.5) is 0 Å². The van der Waals surface area contributed by atoms with E-state index >= 15 is 0 Å². The number of aromatic nitrogens is 1. The molecule has 0 bridgehead atoms. The molecule has 2 N–H and O–H groups in total. The summed E-state index contributed by atoms with van der Waals surface area (Å²) in [6, 6.07) is 11.3. The molecule has 4 atom stereocenters. The number of aryl methyl sites for hydroxylation is 1. The van der Waals surface area contributed by atoms with Gasteiger partial charge >= 0.3 is 0 Å². The standard InChI is InChI=1S/C24H31N3S/c1-18-17-28-22(26-18)23(24(25)12-8-5-9-13-24)14-15-27(3)21(16-23)19(2)20-10-6-4-7-11-20/h4-12,17,19,21H,13-16,25H2,1-3H3. The minimum absolute atomic E-state index is 0.132. The van der Waals surface area contributed by atoms with Crippen LogP contribution in [-0.2, 0) is 5.41 Å². The quantitative estimate of drug-likeness (QED) is 0.811. The lowest BCUT2D eigenvalue weighted by Gasteiger charge is -2.54. The van der Waals surface area contributed by atoms with Crippen LogP contribution in [0.1, 0.15) is 48.4 Å². The van der Waals surface area contributed by atoms with Crippen molar-refractivity contribution in [3.63, 3.8) is 0 Å². The molecular formula is C24H31N3S. The average Bonchev–Trinajstić information content (AvgIpc) is 3.16. The van der Waals surface area contributed by atoms with Gasteiger partial charge in [-0.3, -0.25) is 0 Å². The molecule has 28 heavy (non-hydrogen) atoms. The van der Waals surface area contributed by atoms with Crippen LogP contribution in [0.15, 0.2) is 60.0 Å². The van der Waals surface area contributed by atoms with Gasteiger partial charge in [0.1, 0.15) is 5.01 Å². The van der Waals surface area contributed by atoms with Gasteiger partial charge < -0.3 is 10.6 Å². The summed E-state index contributed by atoms with van der Waals surface area (Å²) in [7, 11) is 2.26. The molecule has 0 radical (unpaired) electrons. The highest BCUT2D eigenvalue weighted by molar-refractivity contribution is 7.09. The number of likely N-dealkylation sites (N-methyl/N-ethyl adjacent to an activating group) is 1. The number of benzene rings is 1. The first kappa shape index (κ1) is 19.6. The van der Waals surface area contributed by atoms with Crippen molar-refractivity contribution in [3.8, 4) is 0 Å². The van der Waals surface area contributed by atoms with Gasteiger partial charge in [0, 0.05) is 28.1 Å². The van der Waals surface area contributed by atoms with Crippen molar-refractivity contribution in [1.29, 1.82) is 0 Å². The van der Waals surface area contributed by atoms with Crippen LogP contribution in [0, 0.1) is 6.92 Å². The largest absolute Gasteiger partial charge is 0.321 e. The number of allylic oxidation sites excluding steroid dienone is 2. The first-order valence-electron chi connectivity index (χ1n) is 10.3. The van der Waals surface area contributed by atoms with Crippen molar-refractivity contribution in [2.75, 3.05) is 13.6 Å². The van der Waals surface area contributed by atoms with Gasteiger partial charge in [0.2, 0.25) is 0 Å². The van der Waals surface area contributed by atoms with Gasteiger partial charge in [0.25, 0.3) is 0 Å². The maximum atomic E-state index is 7.17. The van der Waals surface area contributed by atoms with Crippen molar-refractivity contribution >= 4 is 11.3 Å². The van der Waals surface area contributed by atoms with E-state index in [1.54, 1.807) is 11.3 Å². The van der Waals surface area contributed by atoms with Crippen molar-refractivity contribution in [2.45, 2.75) is 56.0 Å². The summed E-state index contributed by atoms with van der Waals surface area (Å²) in [4.78, 5) is 7.51. The predicted molar refractivity (Wildman–Crippen MR) is 119 cm³/mol. The molecule has 4 unspecified atom stereocenters. The highest BCUT2D eigenvalue weighted by Crippen LogP contribution is 2.50. The minimum atomic E-state index is -0.387. The van der Waals surface area contributed by atoms with Crippen LogP contribution in [0.25, 0.3) is 0 Å². The van der Waals surface area contributed by atoms with E-state index in [0.717, 1.165) is 31.5 Å². The maximum absolute atomic E-state index is 7.17. The summed E-state index contributed by atoms with van der Waals surface area (Å²) >= 11 is 1.79. The van der Waals surface area contributed by atoms with E-state index < -0.39 is 0 Å². The fourth-order valence-electron chi connectivity index (χ4n) is 5.07. The molecule has 1 saturated heterocycles.